The number of carbonyl (C=O) groups excluding carboxylic acids is 3. The van der Waals surface area contributed by atoms with Crippen LogP contribution in [0.5, 0.6) is 0 Å². The molecule has 8 nitrogen and oxygen atoms in total. The van der Waals surface area contributed by atoms with Gasteiger partial charge in [0.1, 0.15) is 0 Å². The molecule has 1 aromatic carbocycles. The Hall–Kier alpha value is -2.26. The lowest BCUT2D eigenvalue weighted by molar-refractivity contribution is -0.163. The highest BCUT2D eigenvalue weighted by atomic mass is 32.2. The quantitative estimate of drug-likeness (QED) is 0.474. The molecule has 3 rings (SSSR count). The summed E-state index contributed by atoms with van der Waals surface area (Å²) in [4.78, 5) is 38.7. The van der Waals surface area contributed by atoms with Crippen molar-refractivity contribution in [3.05, 3.63) is 29.8 Å². The van der Waals surface area contributed by atoms with E-state index in [1.54, 1.807) is 24.0 Å². The van der Waals surface area contributed by atoms with E-state index in [9.17, 15) is 22.8 Å². The maximum atomic E-state index is 13.0. The lowest BCUT2D eigenvalue weighted by Crippen LogP contribution is -2.43. The number of Topliss-reactive ketones (excluding diaryl/α,β-unsaturated/α-hetero) is 1. The molecule has 0 aromatic heterocycles. The van der Waals surface area contributed by atoms with Gasteiger partial charge in [0.05, 0.1) is 10.8 Å². The second-order valence-corrected chi connectivity index (χ2v) is 10.5. The van der Waals surface area contributed by atoms with Crippen LogP contribution in [-0.2, 0) is 24.3 Å². The minimum absolute atomic E-state index is 0.0721. The Labute approximate surface area is 190 Å². The van der Waals surface area contributed by atoms with E-state index in [0.717, 1.165) is 25.7 Å². The van der Waals surface area contributed by atoms with E-state index in [-0.39, 0.29) is 29.7 Å². The molecule has 2 saturated heterocycles. The van der Waals surface area contributed by atoms with E-state index in [4.69, 9.17) is 4.74 Å². The van der Waals surface area contributed by atoms with Gasteiger partial charge in [0.25, 0.3) is 5.91 Å². The number of benzene rings is 1. The summed E-state index contributed by atoms with van der Waals surface area (Å²) in [5, 5.41) is 0. The number of amides is 1. The minimum atomic E-state index is -3.75. The Morgan fingerprint density at radius 1 is 1.00 bits per heavy atom. The molecule has 0 unspecified atom stereocenters. The van der Waals surface area contributed by atoms with Gasteiger partial charge >= 0.3 is 5.97 Å². The molecule has 0 aliphatic carbocycles. The fourth-order valence-corrected chi connectivity index (χ4v) is 5.74. The second-order valence-electron chi connectivity index (χ2n) is 8.58. The fourth-order valence-electron chi connectivity index (χ4n) is 4.23. The molecule has 0 N–H and O–H groups in total. The standard InChI is InChI=1S/C23H32N2O6S/c1-17(26)20-8-7-9-21(16-20)32(29,30)25-14-10-19(11-15-25)23(28)31-18(2)22(27)24-12-5-3-4-6-13-24/h7-9,16,18-19H,3-6,10-15H2,1-2H3/t18-/m0/s1. The largest absolute Gasteiger partial charge is 0.452 e. The number of esters is 1. The number of likely N-dealkylation sites (tertiary alicyclic amines) is 1. The molecule has 0 saturated carbocycles. The highest BCUT2D eigenvalue weighted by Gasteiger charge is 2.34. The second kappa shape index (κ2) is 10.6. The number of ether oxygens (including phenoxy) is 1. The number of nitrogens with zero attached hydrogens (tertiary/aromatic N) is 2. The van der Waals surface area contributed by atoms with Gasteiger partial charge in [-0.3, -0.25) is 14.4 Å². The van der Waals surface area contributed by atoms with E-state index in [2.05, 4.69) is 0 Å². The normalized spacial score (nSPS) is 19.8. The van der Waals surface area contributed by atoms with Crippen LogP contribution < -0.4 is 0 Å². The van der Waals surface area contributed by atoms with Crippen LogP contribution in [0.3, 0.4) is 0 Å². The van der Waals surface area contributed by atoms with Gasteiger partial charge in [0.15, 0.2) is 11.9 Å². The summed E-state index contributed by atoms with van der Waals surface area (Å²) >= 11 is 0. The summed E-state index contributed by atoms with van der Waals surface area (Å²) in [5.41, 5.74) is 0.340. The number of ketones is 1. The Balaban J connectivity index is 1.55. The number of piperidine rings is 1. The molecule has 2 aliphatic rings. The molecule has 2 fully saturated rings. The molecule has 2 heterocycles. The number of carbonyl (C=O) groups is 3. The first-order chi connectivity index (χ1) is 15.2. The summed E-state index contributed by atoms with van der Waals surface area (Å²) in [6, 6.07) is 5.99. The third-order valence-corrected chi connectivity index (χ3v) is 8.12. The van der Waals surface area contributed by atoms with Gasteiger partial charge in [-0.15, -0.1) is 0 Å². The molecule has 2 aliphatic heterocycles. The first-order valence-corrected chi connectivity index (χ1v) is 12.7. The van der Waals surface area contributed by atoms with Crippen molar-refractivity contribution in [2.24, 2.45) is 5.92 Å². The van der Waals surface area contributed by atoms with Crippen molar-refractivity contribution in [3.8, 4) is 0 Å². The van der Waals surface area contributed by atoms with Gasteiger partial charge in [0.2, 0.25) is 10.0 Å². The topological polar surface area (TPSA) is 101 Å². The van der Waals surface area contributed by atoms with E-state index in [1.165, 1.54) is 23.4 Å². The average molecular weight is 465 g/mol. The van der Waals surface area contributed by atoms with Crippen LogP contribution in [0.25, 0.3) is 0 Å². The molecule has 1 atom stereocenters. The van der Waals surface area contributed by atoms with E-state index in [1.807, 2.05) is 0 Å². The summed E-state index contributed by atoms with van der Waals surface area (Å²) < 4.78 is 32.7. The van der Waals surface area contributed by atoms with Gasteiger partial charge in [-0.1, -0.05) is 25.0 Å². The predicted octanol–water partition coefficient (Wildman–Crippen LogP) is 2.62. The van der Waals surface area contributed by atoms with E-state index >= 15 is 0 Å². The first kappa shape index (κ1) is 24.4. The Morgan fingerprint density at radius 2 is 1.62 bits per heavy atom. The zero-order valence-electron chi connectivity index (χ0n) is 18.8. The monoisotopic (exact) mass is 464 g/mol. The summed E-state index contributed by atoms with van der Waals surface area (Å²) in [7, 11) is -3.75. The third-order valence-electron chi connectivity index (χ3n) is 6.22. The molecule has 0 radical (unpaired) electrons. The van der Waals surface area contributed by atoms with Crippen LogP contribution in [0.1, 0.15) is 62.7 Å². The van der Waals surface area contributed by atoms with Gasteiger partial charge in [-0.25, -0.2) is 8.42 Å². The van der Waals surface area contributed by atoms with Crippen LogP contribution in [0.15, 0.2) is 29.2 Å². The van der Waals surface area contributed by atoms with E-state index in [0.29, 0.717) is 31.5 Å². The maximum absolute atomic E-state index is 13.0. The van der Waals surface area contributed by atoms with Gasteiger partial charge in [0, 0.05) is 31.7 Å². The van der Waals surface area contributed by atoms with Crippen LogP contribution in [0.4, 0.5) is 0 Å². The van der Waals surface area contributed by atoms with Gasteiger partial charge in [-0.2, -0.15) is 4.31 Å². The fraction of sp³-hybridized carbons (Fsp3) is 0.609. The highest BCUT2D eigenvalue weighted by Crippen LogP contribution is 2.26. The number of hydrogen-bond donors (Lipinski definition) is 0. The minimum Gasteiger partial charge on any atom is -0.452 e. The molecule has 1 amide bonds. The first-order valence-electron chi connectivity index (χ1n) is 11.3. The van der Waals surface area contributed by atoms with Crippen molar-refractivity contribution in [1.29, 1.82) is 0 Å². The van der Waals surface area contributed by atoms with E-state index < -0.39 is 28.0 Å². The Morgan fingerprint density at radius 3 is 2.22 bits per heavy atom. The number of sulfonamides is 1. The Bertz CT molecular complexity index is 945. The highest BCUT2D eigenvalue weighted by molar-refractivity contribution is 7.89. The summed E-state index contributed by atoms with van der Waals surface area (Å²) in [6.45, 7) is 4.75. The molecule has 0 bridgehead atoms. The molecule has 1 aromatic rings. The molecular weight excluding hydrogens is 432 g/mol. The summed E-state index contributed by atoms with van der Waals surface area (Å²) in [5.74, 6) is -1.25. The molecule has 32 heavy (non-hydrogen) atoms. The number of hydrogen-bond acceptors (Lipinski definition) is 6. The SMILES string of the molecule is CC(=O)c1cccc(S(=O)(=O)N2CCC(C(=O)O[C@@H](C)C(=O)N3CCCCCC3)CC2)c1. The third kappa shape index (κ3) is 5.75. The molecule has 9 heteroatoms. The van der Waals surface area contributed by atoms with Crippen molar-refractivity contribution in [2.75, 3.05) is 26.2 Å². The zero-order chi connectivity index (χ0) is 23.3. The predicted molar refractivity (Wildman–Crippen MR) is 119 cm³/mol. The van der Waals surface area contributed by atoms with Crippen LogP contribution >= 0.6 is 0 Å². The van der Waals surface area contributed by atoms with Crippen molar-refractivity contribution in [3.63, 3.8) is 0 Å². The average Bonchev–Trinajstić information content (AvgIpc) is 3.08. The number of rotatable bonds is 6. The molecule has 0 spiro atoms. The van der Waals surface area contributed by atoms with Crippen molar-refractivity contribution in [2.45, 2.75) is 63.4 Å². The van der Waals surface area contributed by atoms with Gasteiger partial charge in [-0.05, 0) is 51.7 Å². The van der Waals surface area contributed by atoms with Crippen molar-refractivity contribution in [1.82, 2.24) is 9.21 Å². The van der Waals surface area contributed by atoms with Gasteiger partial charge < -0.3 is 9.64 Å². The van der Waals surface area contributed by atoms with Crippen molar-refractivity contribution < 1.29 is 27.5 Å². The maximum Gasteiger partial charge on any atom is 0.309 e. The smallest absolute Gasteiger partial charge is 0.309 e. The Kier molecular flexibility index (Phi) is 8.05. The lowest BCUT2D eigenvalue weighted by atomic mass is 9.98. The van der Waals surface area contributed by atoms with Crippen molar-refractivity contribution >= 4 is 27.7 Å². The van der Waals surface area contributed by atoms with Crippen LogP contribution in [0, 0.1) is 5.92 Å². The van der Waals surface area contributed by atoms with Crippen LogP contribution in [-0.4, -0.2) is 67.6 Å². The zero-order valence-corrected chi connectivity index (χ0v) is 19.6. The lowest BCUT2D eigenvalue weighted by Gasteiger charge is -2.31. The summed E-state index contributed by atoms with van der Waals surface area (Å²) in [6.07, 6.45) is 3.97. The molecule has 176 valence electrons. The van der Waals surface area contributed by atoms with Crippen LogP contribution in [0.2, 0.25) is 0 Å². The molecular formula is C23H32N2O6S.